The fourth-order valence-electron chi connectivity index (χ4n) is 2.12. The van der Waals surface area contributed by atoms with Crippen molar-refractivity contribution >= 4 is 5.96 Å². The van der Waals surface area contributed by atoms with E-state index in [1.807, 2.05) is 56.3 Å². The van der Waals surface area contributed by atoms with Gasteiger partial charge in [-0.2, -0.15) is 0 Å². The van der Waals surface area contributed by atoms with Crippen LogP contribution in [0.15, 0.2) is 53.7 Å². The van der Waals surface area contributed by atoms with Crippen molar-refractivity contribution in [1.82, 2.24) is 15.6 Å². The van der Waals surface area contributed by atoms with E-state index in [9.17, 15) is 0 Å². The molecule has 0 amide bonds. The Kier molecular flexibility index (Phi) is 7.08. The SMILES string of the molecule is CCNC(=NCc1ccccn1)NCC(C)Oc1ccc(C)cc1. The average molecular weight is 326 g/mol. The lowest BCUT2D eigenvalue weighted by atomic mass is 10.2. The Morgan fingerprint density at radius 2 is 1.96 bits per heavy atom. The zero-order chi connectivity index (χ0) is 17.2. The monoisotopic (exact) mass is 326 g/mol. The molecule has 128 valence electrons. The minimum absolute atomic E-state index is 0.0337. The highest BCUT2D eigenvalue weighted by Gasteiger charge is 2.06. The molecule has 2 aromatic rings. The van der Waals surface area contributed by atoms with Gasteiger partial charge in [-0.1, -0.05) is 23.8 Å². The minimum Gasteiger partial charge on any atom is -0.489 e. The molecule has 0 bridgehead atoms. The molecule has 1 aromatic heterocycles. The van der Waals surface area contributed by atoms with Gasteiger partial charge in [-0.15, -0.1) is 0 Å². The lowest BCUT2D eigenvalue weighted by Crippen LogP contribution is -2.41. The van der Waals surface area contributed by atoms with E-state index in [1.165, 1.54) is 5.56 Å². The Hall–Kier alpha value is -2.56. The van der Waals surface area contributed by atoms with Gasteiger partial charge in [0.2, 0.25) is 0 Å². The third-order valence-corrected chi connectivity index (χ3v) is 3.38. The highest BCUT2D eigenvalue weighted by Crippen LogP contribution is 2.12. The number of nitrogens with zero attached hydrogens (tertiary/aromatic N) is 2. The Morgan fingerprint density at radius 1 is 1.17 bits per heavy atom. The topological polar surface area (TPSA) is 58.5 Å². The van der Waals surface area contributed by atoms with Crippen LogP contribution in [0.5, 0.6) is 5.75 Å². The summed E-state index contributed by atoms with van der Waals surface area (Å²) in [7, 11) is 0. The van der Waals surface area contributed by atoms with Crippen LogP contribution in [0.4, 0.5) is 0 Å². The van der Waals surface area contributed by atoms with Gasteiger partial charge in [-0.25, -0.2) is 4.99 Å². The maximum absolute atomic E-state index is 5.90. The Balaban J connectivity index is 1.84. The normalized spacial score (nSPS) is 12.5. The number of pyridine rings is 1. The molecule has 2 N–H and O–H groups in total. The fourth-order valence-corrected chi connectivity index (χ4v) is 2.12. The molecule has 1 atom stereocenters. The summed E-state index contributed by atoms with van der Waals surface area (Å²) in [6, 6.07) is 13.9. The number of aromatic nitrogens is 1. The molecule has 1 aromatic carbocycles. The van der Waals surface area contributed by atoms with E-state index in [4.69, 9.17) is 4.74 Å². The Labute approximate surface area is 144 Å². The summed E-state index contributed by atoms with van der Waals surface area (Å²) in [5.74, 6) is 1.65. The summed E-state index contributed by atoms with van der Waals surface area (Å²) in [4.78, 5) is 8.83. The molecule has 0 saturated carbocycles. The van der Waals surface area contributed by atoms with E-state index in [2.05, 4.69) is 27.5 Å². The number of guanidine groups is 1. The minimum atomic E-state index is 0.0337. The van der Waals surface area contributed by atoms with Crippen molar-refractivity contribution < 1.29 is 4.74 Å². The molecule has 5 heteroatoms. The van der Waals surface area contributed by atoms with Gasteiger partial charge in [-0.05, 0) is 45.0 Å². The maximum atomic E-state index is 5.90. The van der Waals surface area contributed by atoms with E-state index in [1.54, 1.807) is 6.20 Å². The lowest BCUT2D eigenvalue weighted by Gasteiger charge is -2.17. The average Bonchev–Trinajstić information content (AvgIpc) is 2.60. The first-order chi connectivity index (χ1) is 11.7. The van der Waals surface area contributed by atoms with Crippen molar-refractivity contribution in [3.8, 4) is 5.75 Å². The van der Waals surface area contributed by atoms with E-state index in [0.717, 1.165) is 23.9 Å². The quantitative estimate of drug-likeness (QED) is 0.607. The van der Waals surface area contributed by atoms with E-state index < -0.39 is 0 Å². The van der Waals surface area contributed by atoms with Crippen LogP contribution in [0.2, 0.25) is 0 Å². The molecule has 24 heavy (non-hydrogen) atoms. The molecule has 5 nitrogen and oxygen atoms in total. The van der Waals surface area contributed by atoms with Crippen LogP contribution in [0, 0.1) is 6.92 Å². The van der Waals surface area contributed by atoms with Gasteiger partial charge in [0.15, 0.2) is 5.96 Å². The second-order valence-electron chi connectivity index (χ2n) is 5.64. The van der Waals surface area contributed by atoms with Gasteiger partial charge in [0, 0.05) is 12.7 Å². The summed E-state index contributed by atoms with van der Waals surface area (Å²) >= 11 is 0. The Morgan fingerprint density at radius 3 is 2.62 bits per heavy atom. The number of ether oxygens (including phenoxy) is 1. The van der Waals surface area contributed by atoms with Gasteiger partial charge in [-0.3, -0.25) is 4.98 Å². The zero-order valence-corrected chi connectivity index (χ0v) is 14.6. The van der Waals surface area contributed by atoms with Crippen molar-refractivity contribution in [2.75, 3.05) is 13.1 Å². The molecular weight excluding hydrogens is 300 g/mol. The molecule has 0 aliphatic carbocycles. The second-order valence-corrected chi connectivity index (χ2v) is 5.64. The predicted molar refractivity (Wildman–Crippen MR) is 98.3 cm³/mol. The number of benzene rings is 1. The molecule has 1 heterocycles. The largest absolute Gasteiger partial charge is 0.489 e. The summed E-state index contributed by atoms with van der Waals surface area (Å²) in [6.07, 6.45) is 1.81. The van der Waals surface area contributed by atoms with Gasteiger partial charge in [0.25, 0.3) is 0 Å². The van der Waals surface area contributed by atoms with Crippen molar-refractivity contribution in [2.45, 2.75) is 33.4 Å². The molecule has 1 unspecified atom stereocenters. The van der Waals surface area contributed by atoms with Crippen LogP contribution >= 0.6 is 0 Å². The Bertz CT molecular complexity index is 626. The predicted octanol–water partition coefficient (Wildman–Crippen LogP) is 2.91. The van der Waals surface area contributed by atoms with Crippen LogP contribution in [0.1, 0.15) is 25.1 Å². The fraction of sp³-hybridized carbons (Fsp3) is 0.368. The summed E-state index contributed by atoms with van der Waals surface area (Å²) in [5, 5.41) is 6.54. The van der Waals surface area contributed by atoms with Crippen molar-refractivity contribution in [3.05, 3.63) is 59.9 Å². The van der Waals surface area contributed by atoms with Crippen molar-refractivity contribution in [2.24, 2.45) is 4.99 Å². The highest BCUT2D eigenvalue weighted by molar-refractivity contribution is 5.79. The van der Waals surface area contributed by atoms with Crippen molar-refractivity contribution in [1.29, 1.82) is 0 Å². The first-order valence-corrected chi connectivity index (χ1v) is 8.32. The third kappa shape index (κ3) is 6.28. The molecule has 0 spiro atoms. The molecule has 0 fully saturated rings. The third-order valence-electron chi connectivity index (χ3n) is 3.38. The number of aliphatic imine (C=N–C) groups is 1. The summed E-state index contributed by atoms with van der Waals surface area (Å²) in [6.45, 7) is 8.17. The van der Waals surface area contributed by atoms with E-state index in [-0.39, 0.29) is 6.10 Å². The lowest BCUT2D eigenvalue weighted by molar-refractivity contribution is 0.224. The zero-order valence-electron chi connectivity index (χ0n) is 14.6. The van der Waals surface area contributed by atoms with Gasteiger partial charge in [0.1, 0.15) is 11.9 Å². The summed E-state index contributed by atoms with van der Waals surface area (Å²) in [5.41, 5.74) is 2.17. The number of aryl methyl sites for hydroxylation is 1. The van der Waals surface area contributed by atoms with Crippen LogP contribution in [0.25, 0.3) is 0 Å². The highest BCUT2D eigenvalue weighted by atomic mass is 16.5. The van der Waals surface area contributed by atoms with Gasteiger partial charge >= 0.3 is 0 Å². The van der Waals surface area contributed by atoms with Gasteiger partial charge < -0.3 is 15.4 Å². The number of rotatable bonds is 7. The standard InChI is InChI=1S/C19H26N4O/c1-4-20-19(23-14-17-7-5-6-12-21-17)22-13-16(3)24-18-10-8-15(2)9-11-18/h5-12,16H,4,13-14H2,1-3H3,(H2,20,22,23). The first kappa shape index (κ1) is 17.8. The first-order valence-electron chi connectivity index (χ1n) is 8.32. The maximum Gasteiger partial charge on any atom is 0.191 e. The molecular formula is C19H26N4O. The van der Waals surface area contributed by atoms with Crippen LogP contribution in [-0.2, 0) is 6.54 Å². The van der Waals surface area contributed by atoms with Crippen molar-refractivity contribution in [3.63, 3.8) is 0 Å². The molecule has 2 rings (SSSR count). The number of hydrogen-bond acceptors (Lipinski definition) is 3. The summed E-state index contributed by atoms with van der Waals surface area (Å²) < 4.78 is 5.90. The van der Waals surface area contributed by atoms with E-state index in [0.29, 0.717) is 13.1 Å². The molecule has 0 saturated heterocycles. The van der Waals surface area contributed by atoms with Crippen LogP contribution < -0.4 is 15.4 Å². The number of hydrogen-bond donors (Lipinski definition) is 2. The second kappa shape index (κ2) is 9.55. The number of nitrogens with one attached hydrogen (secondary N) is 2. The van der Waals surface area contributed by atoms with Gasteiger partial charge in [0.05, 0.1) is 18.8 Å². The molecule has 0 aliphatic rings. The van der Waals surface area contributed by atoms with Crippen LogP contribution in [-0.4, -0.2) is 30.1 Å². The molecule has 0 aliphatic heterocycles. The molecule has 0 radical (unpaired) electrons. The van der Waals surface area contributed by atoms with E-state index >= 15 is 0 Å². The van der Waals surface area contributed by atoms with Crippen LogP contribution in [0.3, 0.4) is 0 Å². The smallest absolute Gasteiger partial charge is 0.191 e.